The Bertz CT molecular complexity index is 685. The van der Waals surface area contributed by atoms with Gasteiger partial charge >= 0.3 is 0 Å². The molecule has 1 aromatic heterocycles. The maximum atomic E-state index is 12.9. The summed E-state index contributed by atoms with van der Waals surface area (Å²) >= 11 is 0. The molecule has 3 heterocycles. The largest absolute Gasteiger partial charge is 0.399 e. The van der Waals surface area contributed by atoms with Crippen LogP contribution in [0.1, 0.15) is 42.6 Å². The summed E-state index contributed by atoms with van der Waals surface area (Å²) in [5, 5.41) is 8.03. The van der Waals surface area contributed by atoms with Gasteiger partial charge in [-0.2, -0.15) is 5.10 Å². The predicted molar refractivity (Wildman–Crippen MR) is 81.9 cm³/mol. The summed E-state index contributed by atoms with van der Waals surface area (Å²) in [6.07, 6.45) is 5.94. The molecule has 1 aromatic carbocycles. The zero-order valence-electron chi connectivity index (χ0n) is 12.0. The number of fused-ring (bicyclic) bond motifs is 5. The molecule has 2 saturated heterocycles. The average molecular weight is 284 g/mol. The summed E-state index contributed by atoms with van der Waals surface area (Å²) in [5.41, 5.74) is 7.89. The van der Waals surface area contributed by atoms with Crippen molar-refractivity contribution in [3.63, 3.8) is 0 Å². The van der Waals surface area contributed by atoms with E-state index in [-0.39, 0.29) is 5.91 Å². The van der Waals surface area contributed by atoms with Crippen molar-refractivity contribution >= 4 is 22.5 Å². The van der Waals surface area contributed by atoms with Gasteiger partial charge in [-0.1, -0.05) is 0 Å². The lowest BCUT2D eigenvalue weighted by Crippen LogP contribution is -2.40. The Balaban J connectivity index is 1.71. The van der Waals surface area contributed by atoms with Gasteiger partial charge in [0.2, 0.25) is 0 Å². The summed E-state index contributed by atoms with van der Waals surface area (Å²) in [5.74, 6) is 0.866. The van der Waals surface area contributed by atoms with E-state index < -0.39 is 0 Å². The first-order chi connectivity index (χ1) is 10.2. The maximum Gasteiger partial charge on any atom is 0.275 e. The SMILES string of the molecule is Nc1ccc2[nH]nc(C(=O)N3CCC4CCC3CC4)c2c1. The van der Waals surface area contributed by atoms with Gasteiger partial charge in [0, 0.05) is 23.7 Å². The van der Waals surface area contributed by atoms with Gasteiger partial charge in [-0.15, -0.1) is 0 Å². The molecule has 2 aliphatic heterocycles. The number of aromatic amines is 1. The third-order valence-electron chi connectivity index (χ3n) is 5.09. The lowest BCUT2D eigenvalue weighted by atomic mass is 9.86. The molecule has 2 bridgehead atoms. The summed E-state index contributed by atoms with van der Waals surface area (Å²) in [6, 6.07) is 5.93. The second-order valence-electron chi connectivity index (χ2n) is 6.34. The summed E-state index contributed by atoms with van der Waals surface area (Å²) in [4.78, 5) is 15.0. The van der Waals surface area contributed by atoms with Gasteiger partial charge in [-0.05, 0) is 56.2 Å². The maximum absolute atomic E-state index is 12.9. The highest BCUT2D eigenvalue weighted by Crippen LogP contribution is 2.35. The van der Waals surface area contributed by atoms with Crippen LogP contribution in [-0.4, -0.2) is 33.6 Å². The highest BCUT2D eigenvalue weighted by Gasteiger charge is 2.34. The molecule has 3 N–H and O–H groups in total. The van der Waals surface area contributed by atoms with E-state index in [4.69, 9.17) is 5.73 Å². The van der Waals surface area contributed by atoms with Crippen LogP contribution in [0.5, 0.6) is 0 Å². The average Bonchev–Trinajstić information content (AvgIpc) is 2.68. The lowest BCUT2D eigenvalue weighted by molar-refractivity contribution is 0.0672. The van der Waals surface area contributed by atoms with E-state index in [1.165, 1.54) is 12.8 Å². The van der Waals surface area contributed by atoms with E-state index in [0.717, 1.165) is 42.6 Å². The van der Waals surface area contributed by atoms with Crippen molar-refractivity contribution in [2.24, 2.45) is 5.92 Å². The Morgan fingerprint density at radius 2 is 2.05 bits per heavy atom. The first-order valence-electron chi connectivity index (χ1n) is 7.77. The number of nitrogens with one attached hydrogen (secondary N) is 1. The number of rotatable bonds is 1. The number of nitrogens with two attached hydrogens (primary N) is 1. The monoisotopic (exact) mass is 284 g/mol. The number of carbonyl (C=O) groups is 1. The molecule has 0 atom stereocenters. The van der Waals surface area contributed by atoms with E-state index in [1.54, 1.807) is 0 Å². The van der Waals surface area contributed by atoms with Crippen LogP contribution in [-0.2, 0) is 0 Å². The second-order valence-corrected chi connectivity index (χ2v) is 6.34. The normalized spacial score (nSPS) is 25.2. The van der Waals surface area contributed by atoms with Gasteiger partial charge in [-0.3, -0.25) is 9.89 Å². The molecule has 5 rings (SSSR count). The van der Waals surface area contributed by atoms with Crippen molar-refractivity contribution in [1.82, 2.24) is 15.1 Å². The van der Waals surface area contributed by atoms with E-state index >= 15 is 0 Å². The summed E-state index contributed by atoms with van der Waals surface area (Å²) < 4.78 is 0. The van der Waals surface area contributed by atoms with Gasteiger partial charge in [0.05, 0.1) is 5.52 Å². The number of amides is 1. The highest BCUT2D eigenvalue weighted by atomic mass is 16.2. The predicted octanol–water partition coefficient (Wildman–Crippen LogP) is 2.55. The van der Waals surface area contributed by atoms with Crippen molar-refractivity contribution in [2.75, 3.05) is 12.3 Å². The fraction of sp³-hybridized carbons (Fsp3) is 0.500. The van der Waals surface area contributed by atoms with E-state index in [0.29, 0.717) is 17.4 Å². The molecule has 0 spiro atoms. The molecule has 1 amide bonds. The minimum atomic E-state index is 0.0550. The van der Waals surface area contributed by atoms with Crippen LogP contribution < -0.4 is 5.73 Å². The Kier molecular flexibility index (Phi) is 2.87. The quantitative estimate of drug-likeness (QED) is 0.790. The van der Waals surface area contributed by atoms with Crippen LogP contribution in [0.4, 0.5) is 5.69 Å². The Hall–Kier alpha value is -2.04. The van der Waals surface area contributed by atoms with E-state index in [9.17, 15) is 4.79 Å². The molecule has 1 aliphatic carbocycles. The van der Waals surface area contributed by atoms with Crippen molar-refractivity contribution < 1.29 is 4.79 Å². The lowest BCUT2D eigenvalue weighted by Gasteiger charge is -2.30. The Morgan fingerprint density at radius 3 is 2.86 bits per heavy atom. The third kappa shape index (κ3) is 2.07. The van der Waals surface area contributed by atoms with Gasteiger partial charge < -0.3 is 10.6 Å². The number of nitrogen functional groups attached to an aromatic ring is 1. The number of hydrogen-bond acceptors (Lipinski definition) is 3. The minimum absolute atomic E-state index is 0.0550. The van der Waals surface area contributed by atoms with Crippen molar-refractivity contribution in [2.45, 2.75) is 38.1 Å². The van der Waals surface area contributed by atoms with Crippen LogP contribution in [0.3, 0.4) is 0 Å². The van der Waals surface area contributed by atoms with Crippen molar-refractivity contribution in [1.29, 1.82) is 0 Å². The number of anilines is 1. The first kappa shape index (κ1) is 12.7. The smallest absolute Gasteiger partial charge is 0.275 e. The number of nitrogens with zero attached hydrogens (tertiary/aromatic N) is 2. The number of hydrogen-bond donors (Lipinski definition) is 2. The van der Waals surface area contributed by atoms with Gasteiger partial charge in [0.15, 0.2) is 5.69 Å². The minimum Gasteiger partial charge on any atom is -0.399 e. The summed E-state index contributed by atoms with van der Waals surface area (Å²) in [6.45, 7) is 0.866. The van der Waals surface area contributed by atoms with Crippen LogP contribution in [0, 0.1) is 5.92 Å². The molecular formula is C16H20N4O. The molecule has 2 aromatic rings. The molecule has 0 radical (unpaired) electrons. The van der Waals surface area contributed by atoms with Gasteiger partial charge in [0.25, 0.3) is 5.91 Å². The van der Waals surface area contributed by atoms with Crippen molar-refractivity contribution in [3.05, 3.63) is 23.9 Å². The van der Waals surface area contributed by atoms with Crippen LogP contribution in [0.2, 0.25) is 0 Å². The molecule has 5 nitrogen and oxygen atoms in total. The Labute approximate surface area is 123 Å². The molecule has 21 heavy (non-hydrogen) atoms. The topological polar surface area (TPSA) is 75.0 Å². The molecule has 5 heteroatoms. The van der Waals surface area contributed by atoms with Crippen LogP contribution >= 0.6 is 0 Å². The first-order valence-corrected chi connectivity index (χ1v) is 7.77. The fourth-order valence-corrected chi connectivity index (χ4v) is 3.85. The second kappa shape index (κ2) is 4.76. The zero-order valence-corrected chi connectivity index (χ0v) is 12.0. The van der Waals surface area contributed by atoms with Crippen LogP contribution in [0.25, 0.3) is 10.9 Å². The molecule has 0 unspecified atom stereocenters. The molecular weight excluding hydrogens is 264 g/mol. The van der Waals surface area contributed by atoms with Gasteiger partial charge in [0.1, 0.15) is 0 Å². The summed E-state index contributed by atoms with van der Waals surface area (Å²) in [7, 11) is 0. The van der Waals surface area contributed by atoms with E-state index in [1.807, 2.05) is 23.1 Å². The molecule has 1 saturated carbocycles. The number of carbonyl (C=O) groups excluding carboxylic acids is 1. The molecule has 3 fully saturated rings. The Morgan fingerprint density at radius 1 is 1.24 bits per heavy atom. The van der Waals surface area contributed by atoms with Crippen molar-refractivity contribution in [3.8, 4) is 0 Å². The van der Waals surface area contributed by atoms with Crippen LogP contribution in [0.15, 0.2) is 18.2 Å². The molecule has 3 aliphatic rings. The number of benzene rings is 1. The number of aromatic nitrogens is 2. The zero-order chi connectivity index (χ0) is 14.4. The third-order valence-corrected chi connectivity index (χ3v) is 5.09. The fourth-order valence-electron chi connectivity index (χ4n) is 3.85. The number of H-pyrrole nitrogens is 1. The van der Waals surface area contributed by atoms with E-state index in [2.05, 4.69) is 10.2 Å². The standard InChI is InChI=1S/C16H20N4O/c17-11-3-6-14-13(9-11)15(19-18-14)16(21)20-8-7-10-1-4-12(20)5-2-10/h3,6,9-10,12H,1-2,4-5,7-8,17H2,(H,18,19). The molecule has 110 valence electrons. The van der Waals surface area contributed by atoms with Gasteiger partial charge in [-0.25, -0.2) is 0 Å². The highest BCUT2D eigenvalue weighted by molar-refractivity contribution is 6.05.